The third-order valence-electron chi connectivity index (χ3n) is 2.70. The van der Waals surface area contributed by atoms with Crippen LogP contribution < -0.4 is 11.1 Å². The lowest BCUT2D eigenvalue weighted by atomic mass is 10.0. The standard InChI is InChI=1S/C10H20N2O3/c1-7(2)8(11)9(13)12-5-10(14)3-4-15-6-10/h7-8,14H,3-6,11H2,1-2H3,(H,12,13)/t8-,10?/m1/s1. The lowest BCUT2D eigenvalue weighted by Gasteiger charge is -2.22. The summed E-state index contributed by atoms with van der Waals surface area (Å²) in [6.07, 6.45) is 0.560. The van der Waals surface area contributed by atoms with Gasteiger partial charge in [0, 0.05) is 19.6 Å². The van der Waals surface area contributed by atoms with E-state index in [4.69, 9.17) is 10.5 Å². The van der Waals surface area contributed by atoms with Gasteiger partial charge in [0.15, 0.2) is 0 Å². The molecule has 1 saturated heterocycles. The molecule has 1 aliphatic heterocycles. The van der Waals surface area contributed by atoms with E-state index < -0.39 is 11.6 Å². The fourth-order valence-electron chi connectivity index (χ4n) is 1.41. The SMILES string of the molecule is CC(C)[C@@H](N)C(=O)NCC1(O)CCOC1. The van der Waals surface area contributed by atoms with E-state index >= 15 is 0 Å². The monoisotopic (exact) mass is 216 g/mol. The molecule has 4 N–H and O–H groups in total. The fraction of sp³-hybridized carbons (Fsp3) is 0.900. The Morgan fingerprint density at radius 3 is 2.80 bits per heavy atom. The van der Waals surface area contributed by atoms with Crippen LogP contribution in [0, 0.1) is 5.92 Å². The Labute approximate surface area is 90.0 Å². The second-order valence-electron chi connectivity index (χ2n) is 4.51. The van der Waals surface area contributed by atoms with Gasteiger partial charge in [-0.3, -0.25) is 4.79 Å². The Kier molecular flexibility index (Phi) is 4.07. The van der Waals surface area contributed by atoms with Gasteiger partial charge in [0.05, 0.1) is 12.6 Å². The van der Waals surface area contributed by atoms with Crippen molar-refractivity contribution in [3.05, 3.63) is 0 Å². The molecule has 1 unspecified atom stereocenters. The average molecular weight is 216 g/mol. The summed E-state index contributed by atoms with van der Waals surface area (Å²) in [5.74, 6) is -0.121. The normalized spacial score (nSPS) is 28.1. The maximum Gasteiger partial charge on any atom is 0.237 e. The van der Waals surface area contributed by atoms with Crippen molar-refractivity contribution in [2.24, 2.45) is 11.7 Å². The van der Waals surface area contributed by atoms with Crippen LogP contribution >= 0.6 is 0 Å². The van der Waals surface area contributed by atoms with Gasteiger partial charge in [0.1, 0.15) is 5.60 Å². The third kappa shape index (κ3) is 3.44. The molecule has 0 spiro atoms. The number of rotatable bonds is 4. The van der Waals surface area contributed by atoms with Crippen LogP contribution in [0.5, 0.6) is 0 Å². The van der Waals surface area contributed by atoms with Crippen LogP contribution in [0.15, 0.2) is 0 Å². The van der Waals surface area contributed by atoms with E-state index in [0.29, 0.717) is 13.0 Å². The maximum atomic E-state index is 11.5. The minimum atomic E-state index is -0.910. The van der Waals surface area contributed by atoms with Gasteiger partial charge in [0.25, 0.3) is 0 Å². The summed E-state index contributed by atoms with van der Waals surface area (Å²) in [6.45, 7) is 4.81. The summed E-state index contributed by atoms with van der Waals surface area (Å²) < 4.78 is 5.07. The molecule has 88 valence electrons. The predicted molar refractivity (Wildman–Crippen MR) is 56.2 cm³/mol. The zero-order valence-electron chi connectivity index (χ0n) is 9.32. The number of amides is 1. The highest BCUT2D eigenvalue weighted by Gasteiger charge is 2.33. The van der Waals surface area contributed by atoms with Crippen LogP contribution in [0.25, 0.3) is 0 Å². The maximum absolute atomic E-state index is 11.5. The highest BCUT2D eigenvalue weighted by atomic mass is 16.5. The zero-order chi connectivity index (χ0) is 11.5. The van der Waals surface area contributed by atoms with Gasteiger partial charge < -0.3 is 20.9 Å². The summed E-state index contributed by atoms with van der Waals surface area (Å²) in [7, 11) is 0. The van der Waals surface area contributed by atoms with Gasteiger partial charge in [0.2, 0.25) is 5.91 Å². The Morgan fingerprint density at radius 1 is 1.67 bits per heavy atom. The molecular formula is C10H20N2O3. The lowest BCUT2D eigenvalue weighted by Crippen LogP contribution is -2.50. The molecule has 1 rings (SSSR count). The van der Waals surface area contributed by atoms with Crippen molar-refractivity contribution in [3.63, 3.8) is 0 Å². The summed E-state index contributed by atoms with van der Waals surface area (Å²) in [6, 6.07) is -0.518. The molecule has 1 aliphatic rings. The molecule has 0 radical (unpaired) electrons. The van der Waals surface area contributed by atoms with E-state index in [2.05, 4.69) is 5.32 Å². The molecular weight excluding hydrogens is 196 g/mol. The highest BCUT2D eigenvalue weighted by Crippen LogP contribution is 2.16. The second-order valence-corrected chi connectivity index (χ2v) is 4.51. The van der Waals surface area contributed by atoms with Crippen molar-refractivity contribution in [2.75, 3.05) is 19.8 Å². The van der Waals surface area contributed by atoms with Crippen LogP contribution in [0.1, 0.15) is 20.3 Å². The number of aliphatic hydroxyl groups is 1. The van der Waals surface area contributed by atoms with Crippen LogP contribution in [0.4, 0.5) is 0 Å². The summed E-state index contributed by atoms with van der Waals surface area (Å²) in [4.78, 5) is 11.5. The van der Waals surface area contributed by atoms with Crippen LogP contribution in [0.3, 0.4) is 0 Å². The first kappa shape index (κ1) is 12.4. The molecule has 0 aromatic heterocycles. The first-order valence-electron chi connectivity index (χ1n) is 5.28. The van der Waals surface area contributed by atoms with E-state index in [-0.39, 0.29) is 25.0 Å². The molecule has 0 aliphatic carbocycles. The van der Waals surface area contributed by atoms with Crippen molar-refractivity contribution in [2.45, 2.75) is 31.9 Å². The minimum absolute atomic E-state index is 0.0967. The number of nitrogens with one attached hydrogen (secondary N) is 1. The van der Waals surface area contributed by atoms with Gasteiger partial charge in [-0.25, -0.2) is 0 Å². The molecule has 0 saturated carbocycles. The van der Waals surface area contributed by atoms with E-state index in [0.717, 1.165) is 0 Å². The Hall–Kier alpha value is -0.650. The Morgan fingerprint density at radius 2 is 2.33 bits per heavy atom. The number of carbonyl (C=O) groups excluding carboxylic acids is 1. The smallest absolute Gasteiger partial charge is 0.237 e. The second kappa shape index (κ2) is 4.92. The topological polar surface area (TPSA) is 84.6 Å². The Balaban J connectivity index is 2.33. The first-order chi connectivity index (χ1) is 6.94. The molecule has 1 heterocycles. The number of ether oxygens (including phenoxy) is 1. The average Bonchev–Trinajstić information content (AvgIpc) is 2.61. The van der Waals surface area contributed by atoms with E-state index in [1.165, 1.54) is 0 Å². The summed E-state index contributed by atoms with van der Waals surface area (Å²) in [5, 5.41) is 12.5. The third-order valence-corrected chi connectivity index (χ3v) is 2.70. The van der Waals surface area contributed by atoms with E-state index in [1.54, 1.807) is 0 Å². The molecule has 1 fully saturated rings. The summed E-state index contributed by atoms with van der Waals surface area (Å²) >= 11 is 0. The van der Waals surface area contributed by atoms with E-state index in [9.17, 15) is 9.90 Å². The number of carbonyl (C=O) groups is 1. The number of hydrogen-bond acceptors (Lipinski definition) is 4. The quantitative estimate of drug-likeness (QED) is 0.576. The van der Waals surface area contributed by atoms with Gasteiger partial charge >= 0.3 is 0 Å². The van der Waals surface area contributed by atoms with Gasteiger partial charge in [-0.15, -0.1) is 0 Å². The minimum Gasteiger partial charge on any atom is -0.386 e. The molecule has 5 heteroatoms. The van der Waals surface area contributed by atoms with Gasteiger partial charge in [-0.2, -0.15) is 0 Å². The first-order valence-corrected chi connectivity index (χ1v) is 5.28. The molecule has 15 heavy (non-hydrogen) atoms. The highest BCUT2D eigenvalue weighted by molar-refractivity contribution is 5.81. The van der Waals surface area contributed by atoms with Crippen molar-refractivity contribution < 1.29 is 14.6 Å². The Bertz CT molecular complexity index is 225. The summed E-state index contributed by atoms with van der Waals surface area (Å²) in [5.41, 5.74) is 4.75. The van der Waals surface area contributed by atoms with Crippen LogP contribution in [-0.2, 0) is 9.53 Å². The molecule has 2 atom stereocenters. The van der Waals surface area contributed by atoms with Crippen molar-refractivity contribution in [1.82, 2.24) is 5.32 Å². The molecule has 1 amide bonds. The van der Waals surface area contributed by atoms with E-state index in [1.807, 2.05) is 13.8 Å². The predicted octanol–water partition coefficient (Wildman–Crippen LogP) is -0.763. The molecule has 0 aromatic rings. The lowest BCUT2D eigenvalue weighted by molar-refractivity contribution is -0.124. The zero-order valence-corrected chi connectivity index (χ0v) is 9.32. The van der Waals surface area contributed by atoms with Crippen molar-refractivity contribution in [3.8, 4) is 0 Å². The number of nitrogens with two attached hydrogens (primary N) is 1. The van der Waals surface area contributed by atoms with Crippen molar-refractivity contribution >= 4 is 5.91 Å². The fourth-order valence-corrected chi connectivity index (χ4v) is 1.41. The van der Waals surface area contributed by atoms with Gasteiger partial charge in [-0.1, -0.05) is 13.8 Å². The van der Waals surface area contributed by atoms with Crippen LogP contribution in [-0.4, -0.2) is 42.4 Å². The molecule has 5 nitrogen and oxygen atoms in total. The van der Waals surface area contributed by atoms with Crippen molar-refractivity contribution in [1.29, 1.82) is 0 Å². The van der Waals surface area contributed by atoms with Gasteiger partial charge in [-0.05, 0) is 5.92 Å². The molecule has 0 aromatic carbocycles. The number of hydrogen-bond donors (Lipinski definition) is 3. The molecule has 0 bridgehead atoms. The largest absolute Gasteiger partial charge is 0.386 e. The van der Waals surface area contributed by atoms with Crippen LogP contribution in [0.2, 0.25) is 0 Å².